The number of hydrogen-bond acceptors (Lipinski definition) is 0. The predicted octanol–water partition coefficient (Wildman–Crippen LogP) is 7.20. The topological polar surface area (TPSA) is 0 Å². The normalized spacial score (nSPS) is 12.2. The third-order valence-corrected chi connectivity index (χ3v) is 5.35. The van der Waals surface area contributed by atoms with E-state index in [1.807, 2.05) is 6.07 Å². The highest BCUT2D eigenvalue weighted by Gasteiger charge is 2.26. The Kier molecular flexibility index (Phi) is 4.54. The molecule has 1 aliphatic rings. The van der Waals surface area contributed by atoms with E-state index in [2.05, 4.69) is 19.1 Å². The van der Waals surface area contributed by atoms with Gasteiger partial charge in [-0.25, -0.2) is 8.78 Å². The van der Waals surface area contributed by atoms with Gasteiger partial charge < -0.3 is 0 Å². The molecular weight excluding hydrogens is 350 g/mol. The van der Waals surface area contributed by atoms with Crippen molar-refractivity contribution in [3.63, 3.8) is 0 Å². The van der Waals surface area contributed by atoms with Gasteiger partial charge in [0.25, 0.3) is 0 Å². The standard InChI is InChI=1S/C23H19ClF2/c1-2-3-4-14-5-10-18-16(11-14)12-20-19(18)13-21(25)22(23(20)26)15-6-8-17(24)9-7-15/h5-11,13H,2-4,12H2,1H3. The van der Waals surface area contributed by atoms with Crippen LogP contribution in [0.4, 0.5) is 8.78 Å². The van der Waals surface area contributed by atoms with Gasteiger partial charge in [-0.2, -0.15) is 0 Å². The fourth-order valence-corrected chi connectivity index (χ4v) is 3.86. The Morgan fingerprint density at radius 2 is 1.73 bits per heavy atom. The van der Waals surface area contributed by atoms with Crippen molar-refractivity contribution in [3.8, 4) is 22.3 Å². The summed E-state index contributed by atoms with van der Waals surface area (Å²) in [6, 6.07) is 14.3. The smallest absolute Gasteiger partial charge is 0.138 e. The maximum Gasteiger partial charge on any atom is 0.138 e. The highest BCUT2D eigenvalue weighted by atomic mass is 35.5. The number of rotatable bonds is 4. The average Bonchev–Trinajstić information content (AvgIpc) is 2.99. The summed E-state index contributed by atoms with van der Waals surface area (Å²) in [4.78, 5) is 0. The van der Waals surface area contributed by atoms with E-state index < -0.39 is 11.6 Å². The monoisotopic (exact) mass is 368 g/mol. The summed E-state index contributed by atoms with van der Waals surface area (Å²) < 4.78 is 30.0. The van der Waals surface area contributed by atoms with Crippen molar-refractivity contribution in [2.75, 3.05) is 0 Å². The highest BCUT2D eigenvalue weighted by Crippen LogP contribution is 2.42. The molecule has 1 aliphatic carbocycles. The summed E-state index contributed by atoms with van der Waals surface area (Å²) in [5, 5.41) is 0.544. The minimum atomic E-state index is -0.536. The molecular formula is C23H19ClF2. The summed E-state index contributed by atoms with van der Waals surface area (Å²) in [5.41, 5.74) is 5.08. The second kappa shape index (κ2) is 6.85. The van der Waals surface area contributed by atoms with Crippen LogP contribution in [-0.2, 0) is 12.8 Å². The van der Waals surface area contributed by atoms with Crippen molar-refractivity contribution in [2.24, 2.45) is 0 Å². The molecule has 0 spiro atoms. The molecule has 0 nitrogen and oxygen atoms in total. The second-order valence-electron chi connectivity index (χ2n) is 6.85. The van der Waals surface area contributed by atoms with Gasteiger partial charge in [-0.15, -0.1) is 0 Å². The summed E-state index contributed by atoms with van der Waals surface area (Å²) in [6.07, 6.45) is 3.81. The minimum Gasteiger partial charge on any atom is -0.206 e. The van der Waals surface area contributed by atoms with Crippen LogP contribution in [0.15, 0.2) is 48.5 Å². The maximum absolute atomic E-state index is 15.2. The third-order valence-electron chi connectivity index (χ3n) is 5.10. The summed E-state index contributed by atoms with van der Waals surface area (Å²) >= 11 is 5.90. The van der Waals surface area contributed by atoms with E-state index in [0.717, 1.165) is 30.4 Å². The molecule has 0 fully saturated rings. The van der Waals surface area contributed by atoms with Crippen LogP contribution in [0.3, 0.4) is 0 Å². The average molecular weight is 369 g/mol. The molecule has 0 N–H and O–H groups in total. The molecule has 3 heteroatoms. The molecule has 0 aliphatic heterocycles. The Bertz CT molecular complexity index is 974. The molecule has 0 heterocycles. The van der Waals surface area contributed by atoms with Crippen molar-refractivity contribution in [3.05, 3.63) is 81.9 Å². The first-order chi connectivity index (χ1) is 12.6. The van der Waals surface area contributed by atoms with Crippen molar-refractivity contribution in [1.82, 2.24) is 0 Å². The molecule has 0 amide bonds. The first-order valence-corrected chi connectivity index (χ1v) is 9.35. The van der Waals surface area contributed by atoms with Crippen LogP contribution in [0, 0.1) is 11.6 Å². The van der Waals surface area contributed by atoms with Gasteiger partial charge in [0.05, 0.1) is 5.56 Å². The van der Waals surface area contributed by atoms with Crippen LogP contribution < -0.4 is 0 Å². The molecule has 3 aromatic carbocycles. The lowest BCUT2D eigenvalue weighted by Crippen LogP contribution is -1.96. The predicted molar refractivity (Wildman–Crippen MR) is 104 cm³/mol. The zero-order valence-corrected chi connectivity index (χ0v) is 15.3. The van der Waals surface area contributed by atoms with E-state index in [-0.39, 0.29) is 5.56 Å². The van der Waals surface area contributed by atoms with Gasteiger partial charge in [-0.3, -0.25) is 0 Å². The van der Waals surface area contributed by atoms with Crippen LogP contribution in [0.25, 0.3) is 22.3 Å². The van der Waals surface area contributed by atoms with Crippen LogP contribution in [0.2, 0.25) is 5.02 Å². The molecule has 0 unspecified atom stereocenters. The molecule has 0 radical (unpaired) electrons. The van der Waals surface area contributed by atoms with Crippen LogP contribution in [0.5, 0.6) is 0 Å². The van der Waals surface area contributed by atoms with E-state index in [9.17, 15) is 4.39 Å². The van der Waals surface area contributed by atoms with E-state index >= 15 is 4.39 Å². The van der Waals surface area contributed by atoms with Crippen molar-refractivity contribution in [1.29, 1.82) is 0 Å². The molecule has 0 atom stereocenters. The van der Waals surface area contributed by atoms with E-state index in [4.69, 9.17) is 11.6 Å². The van der Waals surface area contributed by atoms with E-state index in [0.29, 0.717) is 28.1 Å². The van der Waals surface area contributed by atoms with Crippen molar-refractivity contribution >= 4 is 11.6 Å². The quantitative estimate of drug-likeness (QED) is 0.357. The zero-order valence-electron chi connectivity index (χ0n) is 14.6. The first-order valence-electron chi connectivity index (χ1n) is 8.97. The lowest BCUT2D eigenvalue weighted by molar-refractivity contribution is 0.583. The molecule has 3 aromatic rings. The number of aryl methyl sites for hydroxylation is 1. The van der Waals surface area contributed by atoms with Crippen LogP contribution >= 0.6 is 11.6 Å². The summed E-state index contributed by atoms with van der Waals surface area (Å²) in [7, 11) is 0. The van der Waals surface area contributed by atoms with Crippen molar-refractivity contribution in [2.45, 2.75) is 32.6 Å². The number of hydrogen-bond donors (Lipinski definition) is 0. The first kappa shape index (κ1) is 17.2. The van der Waals surface area contributed by atoms with Crippen molar-refractivity contribution < 1.29 is 8.78 Å². The summed E-state index contributed by atoms with van der Waals surface area (Å²) in [5.74, 6) is -1.000. The second-order valence-corrected chi connectivity index (χ2v) is 7.29. The van der Waals surface area contributed by atoms with Gasteiger partial charge in [0.2, 0.25) is 0 Å². The lowest BCUT2D eigenvalue weighted by Gasteiger charge is -2.10. The number of benzene rings is 3. The Morgan fingerprint density at radius 3 is 2.46 bits per heavy atom. The van der Waals surface area contributed by atoms with E-state index in [1.54, 1.807) is 24.3 Å². The Morgan fingerprint density at radius 1 is 0.962 bits per heavy atom. The fraction of sp³-hybridized carbons (Fsp3) is 0.217. The lowest BCUT2D eigenvalue weighted by atomic mass is 9.97. The Balaban J connectivity index is 1.78. The molecule has 0 bridgehead atoms. The van der Waals surface area contributed by atoms with Gasteiger partial charge >= 0.3 is 0 Å². The molecule has 0 saturated carbocycles. The minimum absolute atomic E-state index is 0.0272. The van der Waals surface area contributed by atoms with Gasteiger partial charge in [0.15, 0.2) is 0 Å². The number of halogens is 3. The summed E-state index contributed by atoms with van der Waals surface area (Å²) in [6.45, 7) is 2.17. The van der Waals surface area contributed by atoms with E-state index in [1.165, 1.54) is 11.6 Å². The third kappa shape index (κ3) is 2.93. The van der Waals surface area contributed by atoms with Gasteiger partial charge in [-0.1, -0.05) is 55.3 Å². The number of unbranched alkanes of at least 4 members (excludes halogenated alkanes) is 1. The number of fused-ring (bicyclic) bond motifs is 3. The zero-order chi connectivity index (χ0) is 18.3. The molecule has 4 rings (SSSR count). The maximum atomic E-state index is 15.2. The van der Waals surface area contributed by atoms with Gasteiger partial charge in [0.1, 0.15) is 11.6 Å². The van der Waals surface area contributed by atoms with Gasteiger partial charge in [-0.05, 0) is 58.9 Å². The Labute approximate surface area is 157 Å². The SMILES string of the molecule is CCCCc1ccc2c(c1)Cc1c-2cc(F)c(-c2ccc(Cl)cc2)c1F. The Hall–Kier alpha value is -2.19. The fourth-order valence-electron chi connectivity index (χ4n) is 3.74. The molecule has 26 heavy (non-hydrogen) atoms. The molecule has 132 valence electrons. The van der Waals surface area contributed by atoms with Crippen LogP contribution in [0.1, 0.15) is 36.5 Å². The van der Waals surface area contributed by atoms with Gasteiger partial charge in [0, 0.05) is 17.0 Å². The largest absolute Gasteiger partial charge is 0.206 e. The molecule has 0 aromatic heterocycles. The highest BCUT2D eigenvalue weighted by molar-refractivity contribution is 6.30. The molecule has 0 saturated heterocycles. The van der Waals surface area contributed by atoms with Crippen LogP contribution in [-0.4, -0.2) is 0 Å².